The molecule has 7 heteroatoms. The molecule has 7 nitrogen and oxygen atoms in total. The summed E-state index contributed by atoms with van der Waals surface area (Å²) in [4.78, 5) is 4.59. The first-order valence-corrected chi connectivity index (χ1v) is 6.39. The lowest BCUT2D eigenvalue weighted by atomic mass is 10.1. The summed E-state index contributed by atoms with van der Waals surface area (Å²) in [6.07, 6.45) is 1.63. The summed E-state index contributed by atoms with van der Waals surface area (Å²) in [6.45, 7) is 3.74. The van der Waals surface area contributed by atoms with Crippen LogP contribution in [0.1, 0.15) is 0 Å². The molecule has 0 N–H and O–H groups in total. The van der Waals surface area contributed by atoms with Gasteiger partial charge in [-0.25, -0.2) is 0 Å². The number of nitrogens with zero attached hydrogens (tertiary/aromatic N) is 6. The van der Waals surface area contributed by atoms with E-state index in [1.165, 1.54) is 0 Å². The number of fused-ring (bicyclic) bond motifs is 1. The molecule has 3 heterocycles. The Hall–Kier alpha value is -1.73. The fourth-order valence-electron chi connectivity index (χ4n) is 2.23. The van der Waals surface area contributed by atoms with Crippen molar-refractivity contribution in [3.05, 3.63) is 18.5 Å². The van der Waals surface area contributed by atoms with Crippen LogP contribution in [0.4, 0.5) is 5.82 Å². The summed E-state index contributed by atoms with van der Waals surface area (Å²) in [5.41, 5.74) is 0.776. The summed E-state index contributed by atoms with van der Waals surface area (Å²) in [6, 6.07) is 4.51. The van der Waals surface area contributed by atoms with E-state index in [9.17, 15) is 0 Å². The predicted molar refractivity (Wildman–Crippen MR) is 71.3 cm³/mol. The lowest BCUT2D eigenvalue weighted by Crippen LogP contribution is -2.59. The van der Waals surface area contributed by atoms with Gasteiger partial charge in [-0.05, 0) is 19.2 Å². The van der Waals surface area contributed by atoms with Crippen molar-refractivity contribution in [1.82, 2.24) is 24.7 Å². The van der Waals surface area contributed by atoms with E-state index in [4.69, 9.17) is 4.74 Å². The van der Waals surface area contributed by atoms with Crippen LogP contribution >= 0.6 is 0 Å². The van der Waals surface area contributed by atoms with Gasteiger partial charge in [-0.15, -0.1) is 15.3 Å². The number of ether oxygens (including phenoxy) is 1. The molecule has 0 amide bonds. The van der Waals surface area contributed by atoms with Gasteiger partial charge >= 0.3 is 0 Å². The van der Waals surface area contributed by atoms with Gasteiger partial charge in [-0.3, -0.25) is 4.90 Å². The Labute approximate surface area is 111 Å². The van der Waals surface area contributed by atoms with Gasteiger partial charge in [-0.2, -0.15) is 4.52 Å². The molecule has 19 heavy (non-hydrogen) atoms. The van der Waals surface area contributed by atoms with Crippen molar-refractivity contribution in [3.8, 4) is 0 Å². The molecule has 0 saturated carbocycles. The third-order valence-electron chi connectivity index (χ3n) is 3.61. The van der Waals surface area contributed by atoms with Gasteiger partial charge in [0.15, 0.2) is 5.65 Å². The second-order valence-corrected chi connectivity index (χ2v) is 4.86. The molecule has 0 radical (unpaired) electrons. The molecule has 1 aliphatic rings. The Bertz CT molecular complexity index is 550. The summed E-state index contributed by atoms with van der Waals surface area (Å²) in [5, 5.41) is 12.3. The van der Waals surface area contributed by atoms with E-state index in [0.717, 1.165) is 37.7 Å². The molecule has 102 valence electrons. The topological polar surface area (TPSA) is 58.8 Å². The molecule has 0 bridgehead atoms. The molecule has 0 aliphatic carbocycles. The van der Waals surface area contributed by atoms with E-state index >= 15 is 0 Å². The third-order valence-corrected chi connectivity index (χ3v) is 3.61. The number of rotatable bonds is 5. The number of methoxy groups -OCH3 is 1. The van der Waals surface area contributed by atoms with E-state index in [1.807, 2.05) is 12.1 Å². The second kappa shape index (κ2) is 5.10. The summed E-state index contributed by atoms with van der Waals surface area (Å²) >= 11 is 0. The average Bonchev–Trinajstić information content (AvgIpc) is 2.82. The quantitative estimate of drug-likeness (QED) is 0.749. The number of hydrogen-bond acceptors (Lipinski definition) is 6. The minimum Gasteiger partial charge on any atom is -0.383 e. The van der Waals surface area contributed by atoms with Crippen molar-refractivity contribution in [2.75, 3.05) is 45.3 Å². The van der Waals surface area contributed by atoms with Crippen LogP contribution in [-0.4, -0.2) is 71.2 Å². The zero-order valence-electron chi connectivity index (χ0n) is 11.2. The first-order chi connectivity index (χ1) is 9.28. The van der Waals surface area contributed by atoms with Crippen LogP contribution < -0.4 is 4.90 Å². The van der Waals surface area contributed by atoms with Crippen molar-refractivity contribution in [2.45, 2.75) is 6.04 Å². The Morgan fingerprint density at radius 3 is 3.05 bits per heavy atom. The molecule has 0 atom stereocenters. The molecule has 3 rings (SSSR count). The molecule has 1 fully saturated rings. The molecular weight excluding hydrogens is 244 g/mol. The van der Waals surface area contributed by atoms with Crippen LogP contribution in [0, 0.1) is 0 Å². The van der Waals surface area contributed by atoms with Crippen LogP contribution in [-0.2, 0) is 4.74 Å². The largest absolute Gasteiger partial charge is 0.383 e. The van der Waals surface area contributed by atoms with Crippen LogP contribution in [0.3, 0.4) is 0 Å². The highest BCUT2D eigenvalue weighted by molar-refractivity contribution is 5.47. The number of anilines is 1. The molecule has 1 aliphatic heterocycles. The fraction of sp³-hybridized carbons (Fsp3) is 0.583. The summed E-state index contributed by atoms with van der Waals surface area (Å²) < 4.78 is 6.80. The average molecular weight is 262 g/mol. The molecular formula is C12H18N6O. The maximum atomic E-state index is 5.10. The molecule has 0 aromatic carbocycles. The first-order valence-electron chi connectivity index (χ1n) is 6.39. The minimum atomic E-state index is 0.577. The van der Waals surface area contributed by atoms with Crippen molar-refractivity contribution in [2.24, 2.45) is 0 Å². The number of likely N-dealkylation sites (N-methyl/N-ethyl adjacent to an activating group) is 1. The van der Waals surface area contributed by atoms with Gasteiger partial charge in [0, 0.05) is 32.8 Å². The number of aromatic nitrogens is 4. The van der Waals surface area contributed by atoms with Gasteiger partial charge in [0.05, 0.1) is 6.61 Å². The Kier molecular flexibility index (Phi) is 3.31. The molecule has 2 aromatic heterocycles. The fourth-order valence-corrected chi connectivity index (χ4v) is 2.23. The highest BCUT2D eigenvalue weighted by atomic mass is 16.5. The Balaban J connectivity index is 1.60. The second-order valence-electron chi connectivity index (χ2n) is 4.86. The summed E-state index contributed by atoms with van der Waals surface area (Å²) in [7, 11) is 3.87. The van der Waals surface area contributed by atoms with Gasteiger partial charge in [0.2, 0.25) is 0 Å². The van der Waals surface area contributed by atoms with E-state index in [1.54, 1.807) is 18.0 Å². The first kappa shape index (κ1) is 12.3. The lowest BCUT2D eigenvalue weighted by Gasteiger charge is -2.44. The maximum Gasteiger partial charge on any atom is 0.177 e. The van der Waals surface area contributed by atoms with Crippen molar-refractivity contribution in [1.29, 1.82) is 0 Å². The van der Waals surface area contributed by atoms with E-state index < -0.39 is 0 Å². The molecule has 0 unspecified atom stereocenters. The lowest BCUT2D eigenvalue weighted by molar-refractivity contribution is 0.127. The van der Waals surface area contributed by atoms with E-state index in [-0.39, 0.29) is 0 Å². The third kappa shape index (κ3) is 2.39. The normalized spacial score (nSPS) is 16.3. The van der Waals surface area contributed by atoms with Gasteiger partial charge in [0.25, 0.3) is 0 Å². The minimum absolute atomic E-state index is 0.577. The molecule has 1 saturated heterocycles. The molecule has 0 spiro atoms. The van der Waals surface area contributed by atoms with Crippen LogP contribution in [0.25, 0.3) is 5.65 Å². The van der Waals surface area contributed by atoms with E-state index in [2.05, 4.69) is 32.1 Å². The van der Waals surface area contributed by atoms with E-state index in [0.29, 0.717) is 6.04 Å². The van der Waals surface area contributed by atoms with Crippen molar-refractivity contribution < 1.29 is 4.74 Å². The zero-order valence-corrected chi connectivity index (χ0v) is 11.2. The van der Waals surface area contributed by atoms with Crippen molar-refractivity contribution >= 4 is 11.5 Å². The number of hydrogen-bond donors (Lipinski definition) is 0. The molecule has 2 aromatic rings. The maximum absolute atomic E-state index is 5.10. The SMILES string of the molecule is COCCN(C)C1CN(c2ccc3nncn3n2)C1. The highest BCUT2D eigenvalue weighted by Crippen LogP contribution is 2.20. The Morgan fingerprint density at radius 2 is 2.26 bits per heavy atom. The smallest absolute Gasteiger partial charge is 0.177 e. The summed E-state index contributed by atoms with van der Waals surface area (Å²) in [5.74, 6) is 0.976. The van der Waals surface area contributed by atoms with Crippen LogP contribution in [0.2, 0.25) is 0 Å². The van der Waals surface area contributed by atoms with Crippen LogP contribution in [0.5, 0.6) is 0 Å². The van der Waals surface area contributed by atoms with Gasteiger partial charge in [-0.1, -0.05) is 0 Å². The Morgan fingerprint density at radius 1 is 1.42 bits per heavy atom. The van der Waals surface area contributed by atoms with Crippen molar-refractivity contribution in [3.63, 3.8) is 0 Å². The van der Waals surface area contributed by atoms with Gasteiger partial charge in [0.1, 0.15) is 12.1 Å². The predicted octanol–water partition coefficient (Wildman–Crippen LogP) is -0.109. The highest BCUT2D eigenvalue weighted by Gasteiger charge is 2.30. The van der Waals surface area contributed by atoms with Gasteiger partial charge < -0.3 is 9.64 Å². The standard InChI is InChI=1S/C12H18N6O/c1-16(5-6-19-2)10-7-17(8-10)12-4-3-11-14-13-9-18(11)15-12/h3-4,9-10H,5-8H2,1-2H3. The van der Waals surface area contributed by atoms with Crippen LogP contribution in [0.15, 0.2) is 18.5 Å². The monoisotopic (exact) mass is 262 g/mol. The zero-order chi connectivity index (χ0) is 13.2.